The van der Waals surface area contributed by atoms with Gasteiger partial charge in [-0.2, -0.15) is 18.2 Å². The molecule has 1 amide bonds. The van der Waals surface area contributed by atoms with Crippen LogP contribution in [0.1, 0.15) is 40.8 Å². The van der Waals surface area contributed by atoms with Gasteiger partial charge in [0.25, 0.3) is 5.91 Å². The molecule has 4 rings (SSSR count). The van der Waals surface area contributed by atoms with E-state index in [0.29, 0.717) is 24.2 Å². The van der Waals surface area contributed by atoms with Gasteiger partial charge in [0, 0.05) is 37.2 Å². The predicted molar refractivity (Wildman–Crippen MR) is 93.6 cm³/mol. The highest BCUT2D eigenvalue weighted by atomic mass is 19.4. The van der Waals surface area contributed by atoms with Crippen LogP contribution in [0.2, 0.25) is 0 Å². The Balaban J connectivity index is 1.41. The van der Waals surface area contributed by atoms with Gasteiger partial charge in [-0.1, -0.05) is 17.3 Å². The monoisotopic (exact) mass is 406 g/mol. The molecule has 3 aromatic rings. The Morgan fingerprint density at radius 2 is 1.86 bits per heavy atom. The van der Waals surface area contributed by atoms with Crippen molar-refractivity contribution in [3.05, 3.63) is 47.9 Å². The fraction of sp³-hybridized carbons (Fsp3) is 0.389. The van der Waals surface area contributed by atoms with Crippen molar-refractivity contribution in [1.82, 2.24) is 29.8 Å². The number of piperidine rings is 1. The fourth-order valence-corrected chi connectivity index (χ4v) is 3.40. The van der Waals surface area contributed by atoms with Crippen LogP contribution in [0.5, 0.6) is 0 Å². The van der Waals surface area contributed by atoms with Gasteiger partial charge >= 0.3 is 12.1 Å². The molecule has 0 saturated carbocycles. The Labute approximate surface area is 163 Å². The maximum absolute atomic E-state index is 12.7. The van der Waals surface area contributed by atoms with E-state index in [2.05, 4.69) is 24.9 Å². The van der Waals surface area contributed by atoms with E-state index in [9.17, 15) is 18.0 Å². The van der Waals surface area contributed by atoms with Crippen molar-refractivity contribution in [2.75, 3.05) is 13.1 Å². The molecule has 1 saturated heterocycles. The molecule has 2 aromatic heterocycles. The van der Waals surface area contributed by atoms with Crippen LogP contribution in [0.25, 0.3) is 11.4 Å². The third-order valence-corrected chi connectivity index (χ3v) is 4.95. The smallest absolute Gasteiger partial charge is 0.339 e. The number of carbonyl (C=O) groups excluding carboxylic acids is 1. The number of aryl methyl sites for hydroxylation is 1. The third-order valence-electron chi connectivity index (χ3n) is 4.95. The van der Waals surface area contributed by atoms with E-state index in [0.717, 1.165) is 18.7 Å². The molecule has 1 fully saturated rings. The highest BCUT2D eigenvalue weighted by Gasteiger charge is 2.38. The van der Waals surface area contributed by atoms with E-state index in [1.165, 1.54) is 12.1 Å². The number of amides is 1. The Morgan fingerprint density at radius 3 is 2.41 bits per heavy atom. The summed E-state index contributed by atoms with van der Waals surface area (Å²) in [6.07, 6.45) is -1.45. The first kappa shape index (κ1) is 19.1. The third kappa shape index (κ3) is 3.84. The molecule has 152 valence electrons. The standard InChI is InChI=1S/C18H17F3N6O2/c1-26-10-22-24-15(26)12-6-8-27(9-7-12)16(28)13-4-2-11(3-5-13)14-23-17(29-25-14)18(19,20)21/h2-5,10,12H,6-9H2,1H3. The van der Waals surface area contributed by atoms with Crippen LogP contribution >= 0.6 is 0 Å². The quantitative estimate of drug-likeness (QED) is 0.664. The molecule has 1 aliphatic heterocycles. The Morgan fingerprint density at radius 1 is 1.17 bits per heavy atom. The summed E-state index contributed by atoms with van der Waals surface area (Å²) < 4.78 is 43.9. The van der Waals surface area contributed by atoms with E-state index in [4.69, 9.17) is 0 Å². The minimum Gasteiger partial charge on any atom is -0.339 e. The highest BCUT2D eigenvalue weighted by molar-refractivity contribution is 5.94. The lowest BCUT2D eigenvalue weighted by atomic mass is 9.95. The van der Waals surface area contributed by atoms with Crippen molar-refractivity contribution in [2.24, 2.45) is 7.05 Å². The second-order valence-corrected chi connectivity index (χ2v) is 6.86. The number of hydrogen-bond acceptors (Lipinski definition) is 6. The maximum atomic E-state index is 12.7. The molecule has 0 spiro atoms. The zero-order valence-electron chi connectivity index (χ0n) is 15.4. The number of carbonyl (C=O) groups is 1. The van der Waals surface area contributed by atoms with Crippen molar-refractivity contribution in [1.29, 1.82) is 0 Å². The largest absolute Gasteiger partial charge is 0.471 e. The molecule has 0 N–H and O–H groups in total. The molecule has 1 aliphatic rings. The zero-order chi connectivity index (χ0) is 20.6. The summed E-state index contributed by atoms with van der Waals surface area (Å²) in [7, 11) is 1.90. The second kappa shape index (κ2) is 7.30. The first-order valence-corrected chi connectivity index (χ1v) is 8.97. The summed E-state index contributed by atoms with van der Waals surface area (Å²) in [6, 6.07) is 6.11. The molecular weight excluding hydrogens is 389 g/mol. The van der Waals surface area contributed by atoms with Crippen LogP contribution < -0.4 is 0 Å². The molecule has 1 aromatic carbocycles. The van der Waals surface area contributed by atoms with Gasteiger partial charge in [-0.05, 0) is 25.0 Å². The summed E-state index contributed by atoms with van der Waals surface area (Å²) in [5, 5.41) is 11.4. The van der Waals surface area contributed by atoms with Crippen LogP contribution in [-0.2, 0) is 13.2 Å². The number of benzene rings is 1. The fourth-order valence-electron chi connectivity index (χ4n) is 3.40. The van der Waals surface area contributed by atoms with E-state index >= 15 is 0 Å². The van der Waals surface area contributed by atoms with Crippen LogP contribution in [0, 0.1) is 0 Å². The van der Waals surface area contributed by atoms with Crippen LogP contribution in [0.4, 0.5) is 13.2 Å². The summed E-state index contributed by atoms with van der Waals surface area (Å²) in [5.41, 5.74) is 0.784. The average Bonchev–Trinajstić information content (AvgIpc) is 3.37. The van der Waals surface area contributed by atoms with Gasteiger partial charge in [0.1, 0.15) is 12.2 Å². The van der Waals surface area contributed by atoms with E-state index in [1.807, 2.05) is 11.6 Å². The minimum atomic E-state index is -4.70. The molecule has 11 heteroatoms. The van der Waals surface area contributed by atoms with E-state index in [1.54, 1.807) is 23.4 Å². The van der Waals surface area contributed by atoms with Crippen molar-refractivity contribution in [3.8, 4) is 11.4 Å². The van der Waals surface area contributed by atoms with Crippen molar-refractivity contribution in [2.45, 2.75) is 24.9 Å². The normalized spacial score (nSPS) is 15.7. The van der Waals surface area contributed by atoms with Crippen molar-refractivity contribution >= 4 is 5.91 Å². The minimum absolute atomic E-state index is 0.128. The van der Waals surface area contributed by atoms with E-state index in [-0.39, 0.29) is 17.6 Å². The molecule has 0 unspecified atom stereocenters. The van der Waals surface area contributed by atoms with Crippen LogP contribution in [0.3, 0.4) is 0 Å². The molecule has 3 heterocycles. The molecule has 0 atom stereocenters. The van der Waals surface area contributed by atoms with Gasteiger partial charge in [-0.3, -0.25) is 4.79 Å². The molecule has 0 aliphatic carbocycles. The molecule has 8 nitrogen and oxygen atoms in total. The Hall–Kier alpha value is -3.24. The number of likely N-dealkylation sites (tertiary alicyclic amines) is 1. The topological polar surface area (TPSA) is 89.9 Å². The number of hydrogen-bond donors (Lipinski definition) is 0. The summed E-state index contributed by atoms with van der Waals surface area (Å²) in [6.45, 7) is 1.19. The lowest BCUT2D eigenvalue weighted by Crippen LogP contribution is -2.38. The van der Waals surface area contributed by atoms with Crippen molar-refractivity contribution < 1.29 is 22.5 Å². The number of nitrogens with zero attached hydrogens (tertiary/aromatic N) is 6. The number of alkyl halides is 3. The number of halogens is 3. The van der Waals surface area contributed by atoms with Gasteiger partial charge in [-0.25, -0.2) is 0 Å². The van der Waals surface area contributed by atoms with Gasteiger partial charge in [0.15, 0.2) is 0 Å². The number of rotatable bonds is 3. The van der Waals surface area contributed by atoms with Crippen LogP contribution in [0.15, 0.2) is 35.1 Å². The SMILES string of the molecule is Cn1cnnc1C1CCN(C(=O)c2ccc(-c3noc(C(F)(F)F)n3)cc2)CC1. The number of aromatic nitrogens is 5. The van der Waals surface area contributed by atoms with E-state index < -0.39 is 12.1 Å². The van der Waals surface area contributed by atoms with Gasteiger partial charge in [-0.15, -0.1) is 10.2 Å². The second-order valence-electron chi connectivity index (χ2n) is 6.86. The maximum Gasteiger partial charge on any atom is 0.471 e. The average molecular weight is 406 g/mol. The molecule has 0 bridgehead atoms. The molecular formula is C18H17F3N6O2. The summed E-state index contributed by atoms with van der Waals surface area (Å²) in [4.78, 5) is 17.8. The Bertz CT molecular complexity index is 1000. The van der Waals surface area contributed by atoms with Crippen molar-refractivity contribution in [3.63, 3.8) is 0 Å². The summed E-state index contributed by atoms with van der Waals surface area (Å²) >= 11 is 0. The summed E-state index contributed by atoms with van der Waals surface area (Å²) in [5.74, 6) is -0.536. The van der Waals surface area contributed by atoms with Crippen LogP contribution in [-0.4, -0.2) is 48.8 Å². The highest BCUT2D eigenvalue weighted by Crippen LogP contribution is 2.30. The first-order valence-electron chi connectivity index (χ1n) is 8.97. The Kier molecular flexibility index (Phi) is 4.81. The lowest BCUT2D eigenvalue weighted by Gasteiger charge is -2.31. The zero-order valence-corrected chi connectivity index (χ0v) is 15.4. The first-order chi connectivity index (χ1) is 13.8. The van der Waals surface area contributed by atoms with Gasteiger partial charge in [0.05, 0.1) is 0 Å². The molecule has 29 heavy (non-hydrogen) atoms. The van der Waals surface area contributed by atoms with Gasteiger partial charge < -0.3 is 14.0 Å². The van der Waals surface area contributed by atoms with Gasteiger partial charge in [0.2, 0.25) is 5.82 Å². The molecule has 0 radical (unpaired) electrons. The lowest BCUT2D eigenvalue weighted by molar-refractivity contribution is -0.159. The predicted octanol–water partition coefficient (Wildman–Crippen LogP) is 2.90.